The quantitative estimate of drug-likeness (QED) is 0.615. The molecular weight excluding hydrogens is 182 g/mol. The van der Waals surface area contributed by atoms with E-state index in [2.05, 4.69) is 4.74 Å². The molecule has 0 spiro atoms. The maximum Gasteiger partial charge on any atom is 0.307 e. The number of carbonyl (C=O) groups excluding carboxylic acids is 2. The SMILES string of the molecule is CCN(CCC(=O)OC)C(=O)C1CC1. The van der Waals surface area contributed by atoms with Gasteiger partial charge in [-0.2, -0.15) is 0 Å². The minimum Gasteiger partial charge on any atom is -0.469 e. The largest absolute Gasteiger partial charge is 0.469 e. The van der Waals surface area contributed by atoms with E-state index in [-0.39, 0.29) is 17.8 Å². The number of hydrogen-bond donors (Lipinski definition) is 0. The summed E-state index contributed by atoms with van der Waals surface area (Å²) in [5, 5.41) is 0. The minimum atomic E-state index is -0.257. The highest BCUT2D eigenvalue weighted by Gasteiger charge is 2.32. The van der Waals surface area contributed by atoms with Crippen LogP contribution in [0.1, 0.15) is 26.2 Å². The average molecular weight is 199 g/mol. The lowest BCUT2D eigenvalue weighted by molar-refractivity contribution is -0.141. The van der Waals surface area contributed by atoms with Crippen LogP contribution in [0.3, 0.4) is 0 Å². The molecule has 4 nitrogen and oxygen atoms in total. The van der Waals surface area contributed by atoms with Gasteiger partial charge in [-0.05, 0) is 19.8 Å². The smallest absolute Gasteiger partial charge is 0.307 e. The predicted octanol–water partition coefficient (Wildman–Crippen LogP) is 0.808. The fourth-order valence-corrected chi connectivity index (χ4v) is 1.34. The summed E-state index contributed by atoms with van der Waals surface area (Å²) in [7, 11) is 1.36. The Morgan fingerprint density at radius 3 is 2.50 bits per heavy atom. The van der Waals surface area contributed by atoms with Gasteiger partial charge in [0.2, 0.25) is 5.91 Å². The molecule has 1 aliphatic carbocycles. The van der Waals surface area contributed by atoms with Crippen LogP contribution in [0.25, 0.3) is 0 Å². The molecule has 1 saturated carbocycles. The maximum atomic E-state index is 11.6. The Hall–Kier alpha value is -1.06. The van der Waals surface area contributed by atoms with Gasteiger partial charge in [0.1, 0.15) is 0 Å². The van der Waals surface area contributed by atoms with Gasteiger partial charge in [-0.15, -0.1) is 0 Å². The highest BCUT2D eigenvalue weighted by atomic mass is 16.5. The normalized spacial score (nSPS) is 15.0. The van der Waals surface area contributed by atoms with Crippen LogP contribution in [0.2, 0.25) is 0 Å². The van der Waals surface area contributed by atoms with Gasteiger partial charge in [0.15, 0.2) is 0 Å². The number of ether oxygens (including phenoxy) is 1. The van der Waals surface area contributed by atoms with Crippen molar-refractivity contribution in [2.24, 2.45) is 5.92 Å². The number of amides is 1. The minimum absolute atomic E-state index is 0.191. The van der Waals surface area contributed by atoms with E-state index >= 15 is 0 Å². The van der Waals surface area contributed by atoms with Crippen molar-refractivity contribution in [2.75, 3.05) is 20.2 Å². The third-order valence-electron chi connectivity index (χ3n) is 2.43. The van der Waals surface area contributed by atoms with Crippen molar-refractivity contribution in [2.45, 2.75) is 26.2 Å². The molecule has 1 fully saturated rings. The van der Waals surface area contributed by atoms with Crippen LogP contribution in [0, 0.1) is 5.92 Å². The van der Waals surface area contributed by atoms with Gasteiger partial charge in [-0.3, -0.25) is 9.59 Å². The molecule has 1 rings (SSSR count). The highest BCUT2D eigenvalue weighted by molar-refractivity contribution is 5.81. The van der Waals surface area contributed by atoms with Crippen molar-refractivity contribution < 1.29 is 14.3 Å². The first kappa shape index (κ1) is 11.0. The zero-order chi connectivity index (χ0) is 10.6. The van der Waals surface area contributed by atoms with Crippen LogP contribution in [0.15, 0.2) is 0 Å². The van der Waals surface area contributed by atoms with Gasteiger partial charge in [-0.1, -0.05) is 0 Å². The Labute approximate surface area is 84.2 Å². The molecule has 0 unspecified atom stereocenters. The molecule has 0 heterocycles. The number of esters is 1. The van der Waals surface area contributed by atoms with E-state index in [0.29, 0.717) is 19.5 Å². The van der Waals surface area contributed by atoms with Crippen LogP contribution in [-0.4, -0.2) is 37.0 Å². The van der Waals surface area contributed by atoms with Crippen LogP contribution in [-0.2, 0) is 14.3 Å². The molecule has 0 aromatic carbocycles. The predicted molar refractivity (Wildman–Crippen MR) is 51.6 cm³/mol. The number of nitrogens with zero attached hydrogens (tertiary/aromatic N) is 1. The number of methoxy groups -OCH3 is 1. The lowest BCUT2D eigenvalue weighted by atomic mass is 10.3. The van der Waals surface area contributed by atoms with E-state index in [1.54, 1.807) is 4.90 Å². The van der Waals surface area contributed by atoms with Crippen molar-refractivity contribution in [3.63, 3.8) is 0 Å². The van der Waals surface area contributed by atoms with Gasteiger partial charge in [0.05, 0.1) is 13.5 Å². The van der Waals surface area contributed by atoms with Crippen molar-refractivity contribution >= 4 is 11.9 Å². The molecule has 0 bridgehead atoms. The molecule has 0 N–H and O–H groups in total. The Morgan fingerprint density at radius 1 is 1.43 bits per heavy atom. The van der Waals surface area contributed by atoms with Gasteiger partial charge in [0.25, 0.3) is 0 Å². The molecular formula is C10H17NO3. The molecule has 0 saturated heterocycles. The number of carbonyl (C=O) groups is 2. The fraction of sp³-hybridized carbons (Fsp3) is 0.800. The zero-order valence-electron chi connectivity index (χ0n) is 8.78. The van der Waals surface area contributed by atoms with E-state index in [1.807, 2.05) is 6.92 Å². The van der Waals surface area contributed by atoms with Crippen molar-refractivity contribution in [3.8, 4) is 0 Å². The third-order valence-corrected chi connectivity index (χ3v) is 2.43. The summed E-state index contributed by atoms with van der Waals surface area (Å²) in [4.78, 5) is 24.2. The second-order valence-electron chi connectivity index (χ2n) is 3.52. The van der Waals surface area contributed by atoms with Crippen LogP contribution in [0.4, 0.5) is 0 Å². The molecule has 0 radical (unpaired) electrons. The fourth-order valence-electron chi connectivity index (χ4n) is 1.34. The summed E-state index contributed by atoms with van der Waals surface area (Å²) >= 11 is 0. The molecule has 1 aliphatic rings. The summed E-state index contributed by atoms with van der Waals surface area (Å²) in [5.74, 6) is 0.163. The van der Waals surface area contributed by atoms with Crippen molar-refractivity contribution in [1.82, 2.24) is 4.90 Å². The summed E-state index contributed by atoms with van der Waals surface area (Å²) in [6, 6.07) is 0. The zero-order valence-corrected chi connectivity index (χ0v) is 8.78. The molecule has 14 heavy (non-hydrogen) atoms. The molecule has 0 aromatic heterocycles. The highest BCUT2D eigenvalue weighted by Crippen LogP contribution is 2.30. The molecule has 0 aromatic rings. The average Bonchev–Trinajstić information content (AvgIpc) is 3.01. The third kappa shape index (κ3) is 3.01. The van der Waals surface area contributed by atoms with Gasteiger partial charge in [0, 0.05) is 19.0 Å². The first-order valence-electron chi connectivity index (χ1n) is 5.04. The van der Waals surface area contributed by atoms with E-state index < -0.39 is 0 Å². The Balaban J connectivity index is 2.30. The Morgan fingerprint density at radius 2 is 2.07 bits per heavy atom. The van der Waals surface area contributed by atoms with E-state index in [4.69, 9.17) is 0 Å². The lowest BCUT2D eigenvalue weighted by Gasteiger charge is -2.19. The Kier molecular flexibility index (Phi) is 3.92. The molecule has 80 valence electrons. The number of rotatable bonds is 5. The van der Waals surface area contributed by atoms with Crippen LogP contribution in [0.5, 0.6) is 0 Å². The summed E-state index contributed by atoms with van der Waals surface area (Å²) < 4.78 is 4.52. The van der Waals surface area contributed by atoms with Crippen LogP contribution < -0.4 is 0 Å². The molecule has 1 amide bonds. The standard InChI is InChI=1S/C10H17NO3/c1-3-11(7-6-9(12)14-2)10(13)8-4-5-8/h8H,3-7H2,1-2H3. The van der Waals surface area contributed by atoms with Crippen molar-refractivity contribution in [1.29, 1.82) is 0 Å². The topological polar surface area (TPSA) is 46.6 Å². The van der Waals surface area contributed by atoms with Crippen LogP contribution >= 0.6 is 0 Å². The van der Waals surface area contributed by atoms with Crippen molar-refractivity contribution in [3.05, 3.63) is 0 Å². The first-order valence-corrected chi connectivity index (χ1v) is 5.04. The summed E-state index contributed by atoms with van der Waals surface area (Å²) in [6.07, 6.45) is 2.31. The summed E-state index contributed by atoms with van der Waals surface area (Å²) in [5.41, 5.74) is 0. The van der Waals surface area contributed by atoms with Gasteiger partial charge >= 0.3 is 5.97 Å². The van der Waals surface area contributed by atoms with E-state index in [9.17, 15) is 9.59 Å². The number of hydrogen-bond acceptors (Lipinski definition) is 3. The van der Waals surface area contributed by atoms with E-state index in [1.165, 1.54) is 7.11 Å². The summed E-state index contributed by atoms with van der Waals surface area (Å²) in [6.45, 7) is 3.09. The maximum absolute atomic E-state index is 11.6. The lowest BCUT2D eigenvalue weighted by Crippen LogP contribution is -2.34. The Bertz CT molecular complexity index is 223. The second kappa shape index (κ2) is 4.98. The first-order chi connectivity index (χ1) is 6.69. The molecule has 0 atom stereocenters. The molecule has 4 heteroatoms. The monoisotopic (exact) mass is 199 g/mol. The van der Waals surface area contributed by atoms with E-state index in [0.717, 1.165) is 12.8 Å². The second-order valence-corrected chi connectivity index (χ2v) is 3.52. The molecule has 0 aliphatic heterocycles. The van der Waals surface area contributed by atoms with Gasteiger partial charge in [-0.25, -0.2) is 0 Å². The van der Waals surface area contributed by atoms with Gasteiger partial charge < -0.3 is 9.64 Å².